The zero-order chi connectivity index (χ0) is 35.0. The van der Waals surface area contributed by atoms with Crippen molar-refractivity contribution in [1.29, 1.82) is 0 Å². The van der Waals surface area contributed by atoms with Gasteiger partial charge in [0.1, 0.15) is 41.2 Å². The van der Waals surface area contributed by atoms with Gasteiger partial charge in [0.25, 0.3) is 0 Å². The van der Waals surface area contributed by atoms with Gasteiger partial charge in [-0.2, -0.15) is 0 Å². The van der Waals surface area contributed by atoms with Crippen molar-refractivity contribution < 1.29 is 42.7 Å². The quantitative estimate of drug-likeness (QED) is 0.223. The molecule has 0 aromatic carbocycles. The first-order chi connectivity index (χ1) is 23.7. The molecule has 7 aliphatic heterocycles. The smallest absolute Gasteiger partial charge is 0.142 e. The highest BCUT2D eigenvalue weighted by Gasteiger charge is 2.66. The zero-order valence-electron chi connectivity index (χ0n) is 30.2. The summed E-state index contributed by atoms with van der Waals surface area (Å²) in [5, 5.41) is 0. The Bertz CT molecular complexity index is 1080. The molecule has 0 radical (unpaired) electrons. The summed E-state index contributed by atoms with van der Waals surface area (Å²) >= 11 is 4.98. The highest BCUT2D eigenvalue weighted by molar-refractivity contribution is 7.81. The molecule has 0 saturated carbocycles. The minimum absolute atomic E-state index is 0.0662. The molecule has 7 fully saturated rings. The number of thiol groups is 1. The molecule has 0 aliphatic carbocycles. The van der Waals surface area contributed by atoms with Gasteiger partial charge < -0.3 is 43.6 Å². The average Bonchev–Trinajstić information content (AvgIpc) is 3.88. The van der Waals surface area contributed by atoms with Crippen LogP contribution in [0.3, 0.4) is 0 Å². The number of carbonyl (C=O) groups excluding carboxylic acids is 1. The highest BCUT2D eigenvalue weighted by Crippen LogP contribution is 2.52. The molecule has 7 heterocycles. The fourth-order valence-corrected chi connectivity index (χ4v) is 8.68. The number of carbonyl (C=O) groups is 1. The van der Waals surface area contributed by atoms with Crippen LogP contribution in [-0.4, -0.2) is 112 Å². The number of hydrogen-bond acceptors (Lipinski definition) is 11. The second-order valence-electron chi connectivity index (χ2n) is 15.0. The van der Waals surface area contributed by atoms with Crippen molar-refractivity contribution in [1.82, 2.24) is 0 Å². The number of fused-ring (bicyclic) bond motifs is 4. The van der Waals surface area contributed by atoms with Crippen LogP contribution in [0.1, 0.15) is 97.3 Å². The zero-order valence-corrected chi connectivity index (χ0v) is 31.1. The summed E-state index contributed by atoms with van der Waals surface area (Å²) in [5.74, 6) is 0.608. The lowest BCUT2D eigenvalue weighted by atomic mass is 9.87. The Morgan fingerprint density at radius 1 is 0.918 bits per heavy atom. The van der Waals surface area contributed by atoms with Crippen LogP contribution in [0.15, 0.2) is 24.3 Å². The van der Waals surface area contributed by atoms with Gasteiger partial charge in [0.05, 0.1) is 43.7 Å². The summed E-state index contributed by atoms with van der Waals surface area (Å²) < 4.78 is 48.7. The van der Waals surface area contributed by atoms with E-state index in [1.165, 1.54) is 24.0 Å². The number of nitrogens with two attached hydrogens (primary N) is 1. The third kappa shape index (κ3) is 10.4. The molecule has 0 bridgehead atoms. The Morgan fingerprint density at radius 2 is 1.67 bits per heavy atom. The molecule has 7 aliphatic rings. The van der Waals surface area contributed by atoms with Crippen LogP contribution < -0.4 is 5.73 Å². The van der Waals surface area contributed by atoms with Crippen LogP contribution in [0.4, 0.5) is 0 Å². The molecule has 10 unspecified atom stereocenters. The van der Waals surface area contributed by atoms with Gasteiger partial charge in [-0.1, -0.05) is 32.6 Å². The van der Waals surface area contributed by atoms with E-state index in [0.717, 1.165) is 71.1 Å². The van der Waals surface area contributed by atoms with E-state index in [4.69, 9.17) is 56.3 Å². The van der Waals surface area contributed by atoms with Gasteiger partial charge in [-0.15, -0.1) is 12.6 Å². The van der Waals surface area contributed by atoms with Gasteiger partial charge >= 0.3 is 0 Å². The Balaban J connectivity index is 0.000000304. The third-order valence-corrected chi connectivity index (χ3v) is 11.5. The Hall–Kier alpha value is -0.860. The molecule has 280 valence electrons. The topological polar surface area (TPSA) is 117 Å². The van der Waals surface area contributed by atoms with Crippen molar-refractivity contribution in [3.63, 3.8) is 0 Å². The fourth-order valence-electron chi connectivity index (χ4n) is 8.15. The van der Waals surface area contributed by atoms with Crippen LogP contribution in [-0.2, 0) is 42.7 Å². The molecule has 12 atom stereocenters. The van der Waals surface area contributed by atoms with E-state index in [0.29, 0.717) is 44.5 Å². The molecular weight excluding hydrogens is 646 g/mol. The van der Waals surface area contributed by atoms with E-state index >= 15 is 0 Å². The summed E-state index contributed by atoms with van der Waals surface area (Å²) in [6, 6.07) is 0. The van der Waals surface area contributed by atoms with Gasteiger partial charge in [-0.05, 0) is 82.2 Å². The number of rotatable bonds is 10. The summed E-state index contributed by atoms with van der Waals surface area (Å²) in [5.41, 5.74) is 7.45. The molecule has 0 amide bonds. The predicted octanol–water partition coefficient (Wildman–Crippen LogP) is 5.50. The van der Waals surface area contributed by atoms with E-state index in [1.54, 1.807) is 7.11 Å². The molecule has 49 heavy (non-hydrogen) atoms. The maximum Gasteiger partial charge on any atom is 0.142 e. The van der Waals surface area contributed by atoms with Crippen molar-refractivity contribution in [2.45, 2.75) is 163 Å². The summed E-state index contributed by atoms with van der Waals surface area (Å²) in [6.45, 7) is 15.8. The SMILES string of the molecule is C=C1CC[C@H](CC)OC1.C=C1COC(CCC2CC3(S)OC4C(OC5CCC(CC(=O)CC6CCOC6)O[C@@H]5C4OC)C3O2)C1.CCCN. The van der Waals surface area contributed by atoms with Crippen molar-refractivity contribution in [2.24, 2.45) is 11.7 Å². The van der Waals surface area contributed by atoms with E-state index in [2.05, 4.69) is 27.0 Å². The van der Waals surface area contributed by atoms with Gasteiger partial charge in [-0.25, -0.2) is 0 Å². The van der Waals surface area contributed by atoms with E-state index in [9.17, 15) is 4.79 Å². The largest absolute Gasteiger partial charge is 0.381 e. The van der Waals surface area contributed by atoms with Crippen molar-refractivity contribution in [2.75, 3.05) is 40.1 Å². The molecule has 7 saturated heterocycles. The molecule has 11 heteroatoms. The monoisotopic (exact) mass is 709 g/mol. The van der Waals surface area contributed by atoms with Crippen LogP contribution >= 0.6 is 12.6 Å². The normalized spacial score (nSPS) is 41.2. The molecule has 0 spiro atoms. The third-order valence-electron chi connectivity index (χ3n) is 10.9. The summed E-state index contributed by atoms with van der Waals surface area (Å²) in [7, 11) is 1.70. The van der Waals surface area contributed by atoms with Crippen molar-refractivity contribution in [3.8, 4) is 0 Å². The van der Waals surface area contributed by atoms with Gasteiger partial charge in [0.15, 0.2) is 0 Å². The maximum atomic E-state index is 12.7. The average molecular weight is 710 g/mol. The lowest BCUT2D eigenvalue weighted by Crippen LogP contribution is -2.62. The minimum atomic E-state index is -0.705. The van der Waals surface area contributed by atoms with Crippen LogP contribution in [0.25, 0.3) is 0 Å². The van der Waals surface area contributed by atoms with E-state index in [-0.39, 0.29) is 60.7 Å². The molecule has 0 aromatic heterocycles. The Morgan fingerprint density at radius 3 is 2.31 bits per heavy atom. The fraction of sp³-hybridized carbons (Fsp3) is 0.868. The van der Waals surface area contributed by atoms with Gasteiger partial charge in [-0.3, -0.25) is 4.79 Å². The standard InChI is InChI=1S/C27H40O8S.C8H14O.C3H9N/c1-15-9-18(31-13-15)3-4-20-12-27(36)26(33-20)25-24(35-27)23(29-2)22-21(34-25)6-5-19(32-22)11-17(28)10-16-7-8-30-14-16;1-3-8-5-4-7(2)6-9-8;1-2-3-4/h16,18-26,36H,1,3-14H2,2H3;8H,2-6H2,1H3;2-4H2,1H3/t16?,18?,19?,20?,21?,22-,23?,24?,25?,26?,27?;8-;/m00./s1. The first kappa shape index (κ1) is 39.3. The maximum absolute atomic E-state index is 12.7. The number of Topliss-reactive ketones (excluding diaryl/α,β-unsaturated/α-hetero) is 1. The predicted molar refractivity (Wildman–Crippen MR) is 191 cm³/mol. The lowest BCUT2D eigenvalue weighted by molar-refractivity contribution is -0.269. The Labute approximate surface area is 299 Å². The van der Waals surface area contributed by atoms with Crippen LogP contribution in [0.5, 0.6) is 0 Å². The van der Waals surface area contributed by atoms with Crippen molar-refractivity contribution in [3.05, 3.63) is 24.3 Å². The molecule has 10 nitrogen and oxygen atoms in total. The molecule has 7 rings (SSSR count). The first-order valence-corrected chi connectivity index (χ1v) is 19.4. The van der Waals surface area contributed by atoms with Crippen molar-refractivity contribution >= 4 is 18.4 Å². The van der Waals surface area contributed by atoms with Crippen LogP contribution in [0.2, 0.25) is 0 Å². The lowest BCUT2D eigenvalue weighted by Gasteiger charge is -2.47. The second kappa shape index (κ2) is 18.8. The molecule has 0 aromatic rings. The van der Waals surface area contributed by atoms with Crippen LogP contribution in [0, 0.1) is 5.92 Å². The molecular formula is C38H63NO9S. The minimum Gasteiger partial charge on any atom is -0.381 e. The second-order valence-corrected chi connectivity index (χ2v) is 15.8. The summed E-state index contributed by atoms with van der Waals surface area (Å²) in [4.78, 5) is 12.0. The first-order valence-electron chi connectivity index (χ1n) is 18.9. The van der Waals surface area contributed by atoms with E-state index < -0.39 is 4.93 Å². The molecule has 2 N–H and O–H groups in total. The number of methoxy groups -OCH3 is 1. The van der Waals surface area contributed by atoms with Gasteiger partial charge in [0, 0.05) is 39.6 Å². The van der Waals surface area contributed by atoms with Gasteiger partial charge in [0.2, 0.25) is 0 Å². The number of hydrogen-bond donors (Lipinski definition) is 2. The highest BCUT2D eigenvalue weighted by atomic mass is 32.1. The van der Waals surface area contributed by atoms with E-state index in [1.807, 2.05) is 0 Å². The number of ketones is 1. The summed E-state index contributed by atoms with van der Waals surface area (Å²) in [6.07, 6.45) is 10.9. The number of ether oxygens (including phenoxy) is 8. The Kier molecular flexibility index (Phi) is 15.1.